The van der Waals surface area contributed by atoms with Crippen LogP contribution in [0.3, 0.4) is 0 Å². The van der Waals surface area contributed by atoms with Crippen molar-refractivity contribution in [1.82, 2.24) is 5.32 Å². The number of nitrogens with one attached hydrogen (secondary N) is 1. The molecule has 0 bridgehead atoms. The van der Waals surface area contributed by atoms with Gasteiger partial charge in [0.25, 0.3) is 0 Å². The largest absolute Gasteiger partial charge is 0.494 e. The van der Waals surface area contributed by atoms with Crippen molar-refractivity contribution in [3.63, 3.8) is 0 Å². The predicted molar refractivity (Wildman–Crippen MR) is 66.8 cm³/mol. The van der Waals surface area contributed by atoms with E-state index in [2.05, 4.69) is 24.0 Å². The summed E-state index contributed by atoms with van der Waals surface area (Å²) in [6.07, 6.45) is 1.85. The van der Waals surface area contributed by atoms with Gasteiger partial charge < -0.3 is 10.1 Å². The molecule has 0 aliphatic heterocycles. The zero-order valence-electron chi connectivity index (χ0n) is 9.03. The van der Waals surface area contributed by atoms with Crippen molar-refractivity contribution in [3.8, 4) is 5.75 Å². The molecule has 0 unspecified atom stereocenters. The summed E-state index contributed by atoms with van der Waals surface area (Å²) in [5.74, 6) is 0.936. The molecule has 0 fully saturated rings. The van der Waals surface area contributed by atoms with E-state index in [4.69, 9.17) is 4.74 Å². The summed E-state index contributed by atoms with van der Waals surface area (Å²) in [5, 5.41) is 3.25. The Morgan fingerprint density at radius 1 is 1.47 bits per heavy atom. The van der Waals surface area contributed by atoms with Crippen LogP contribution < -0.4 is 10.1 Å². The van der Waals surface area contributed by atoms with Crippen LogP contribution >= 0.6 is 12.4 Å². The summed E-state index contributed by atoms with van der Waals surface area (Å²) >= 11 is 0. The van der Waals surface area contributed by atoms with E-state index < -0.39 is 0 Å². The van der Waals surface area contributed by atoms with Crippen LogP contribution in [-0.2, 0) is 6.54 Å². The number of hydrogen-bond donors (Lipinski definition) is 1. The maximum atomic E-state index is 5.40. The van der Waals surface area contributed by atoms with Crippen LogP contribution in [-0.4, -0.2) is 13.2 Å². The van der Waals surface area contributed by atoms with Crippen LogP contribution in [0.25, 0.3) is 0 Å². The van der Waals surface area contributed by atoms with Gasteiger partial charge >= 0.3 is 0 Å². The smallest absolute Gasteiger partial charge is 0.119 e. The Kier molecular flexibility index (Phi) is 7.78. The topological polar surface area (TPSA) is 21.3 Å². The highest BCUT2D eigenvalue weighted by atomic mass is 35.5. The molecule has 1 aromatic rings. The minimum absolute atomic E-state index is 0. The Bertz CT molecular complexity index is 289. The van der Waals surface area contributed by atoms with Crippen molar-refractivity contribution in [2.24, 2.45) is 0 Å². The van der Waals surface area contributed by atoms with Crippen molar-refractivity contribution < 1.29 is 4.74 Å². The first-order valence-electron chi connectivity index (χ1n) is 4.90. The Labute approximate surface area is 97.7 Å². The van der Waals surface area contributed by atoms with E-state index in [1.165, 1.54) is 5.56 Å². The Balaban J connectivity index is 0.00000196. The van der Waals surface area contributed by atoms with Crippen molar-refractivity contribution in [3.05, 3.63) is 42.5 Å². The molecule has 0 atom stereocenters. The predicted octanol–water partition coefficient (Wildman–Crippen LogP) is 2.78. The standard InChI is InChI=1S/C12H17NO.ClH/c1-3-8-13-10-11-6-5-7-12(9-11)14-4-2;/h3,5-7,9,13H,1,4,8,10H2,2H3;1H. The maximum absolute atomic E-state index is 5.40. The molecule has 1 rings (SSSR count). The quantitative estimate of drug-likeness (QED) is 0.596. The zero-order chi connectivity index (χ0) is 10.2. The van der Waals surface area contributed by atoms with Gasteiger partial charge in [0.05, 0.1) is 6.61 Å². The highest BCUT2D eigenvalue weighted by molar-refractivity contribution is 5.85. The molecule has 0 aliphatic carbocycles. The molecule has 1 N–H and O–H groups in total. The molecule has 0 aromatic heterocycles. The van der Waals surface area contributed by atoms with E-state index in [9.17, 15) is 0 Å². The van der Waals surface area contributed by atoms with Crippen molar-refractivity contribution in [2.75, 3.05) is 13.2 Å². The highest BCUT2D eigenvalue weighted by Gasteiger charge is 1.94. The molecule has 1 aromatic carbocycles. The van der Waals surface area contributed by atoms with Crippen LogP contribution in [0.2, 0.25) is 0 Å². The SMILES string of the molecule is C=CCNCc1cccc(OCC)c1.Cl. The van der Waals surface area contributed by atoms with E-state index in [0.717, 1.165) is 18.8 Å². The first kappa shape index (κ1) is 14.0. The molecular weight excluding hydrogens is 210 g/mol. The van der Waals surface area contributed by atoms with Gasteiger partial charge in [-0.25, -0.2) is 0 Å². The van der Waals surface area contributed by atoms with Crippen LogP contribution in [0.4, 0.5) is 0 Å². The lowest BCUT2D eigenvalue weighted by molar-refractivity contribution is 0.340. The van der Waals surface area contributed by atoms with Gasteiger partial charge in [0, 0.05) is 13.1 Å². The van der Waals surface area contributed by atoms with Gasteiger partial charge in [-0.1, -0.05) is 18.2 Å². The number of ether oxygens (including phenoxy) is 1. The Morgan fingerprint density at radius 2 is 2.27 bits per heavy atom. The average molecular weight is 228 g/mol. The van der Waals surface area contributed by atoms with Gasteiger partial charge in [0.1, 0.15) is 5.75 Å². The second-order valence-electron chi connectivity index (χ2n) is 3.00. The normalized spacial score (nSPS) is 9.13. The van der Waals surface area contributed by atoms with E-state index in [-0.39, 0.29) is 12.4 Å². The van der Waals surface area contributed by atoms with Crippen molar-refractivity contribution >= 4 is 12.4 Å². The van der Waals surface area contributed by atoms with Crippen molar-refractivity contribution in [2.45, 2.75) is 13.5 Å². The first-order chi connectivity index (χ1) is 6.86. The summed E-state index contributed by atoms with van der Waals surface area (Å²) < 4.78 is 5.40. The minimum atomic E-state index is 0. The molecule has 3 heteroatoms. The summed E-state index contributed by atoms with van der Waals surface area (Å²) in [5.41, 5.74) is 1.23. The van der Waals surface area contributed by atoms with Gasteiger partial charge in [-0.2, -0.15) is 0 Å². The van der Waals surface area contributed by atoms with Crippen LogP contribution in [0.15, 0.2) is 36.9 Å². The summed E-state index contributed by atoms with van der Waals surface area (Å²) in [6.45, 7) is 8.04. The van der Waals surface area contributed by atoms with E-state index in [1.54, 1.807) is 0 Å². The molecule has 0 heterocycles. The highest BCUT2D eigenvalue weighted by Crippen LogP contribution is 2.12. The van der Waals surface area contributed by atoms with Gasteiger partial charge in [-0.15, -0.1) is 19.0 Å². The van der Waals surface area contributed by atoms with E-state index in [0.29, 0.717) is 6.61 Å². The average Bonchev–Trinajstić information content (AvgIpc) is 2.19. The van der Waals surface area contributed by atoms with Gasteiger partial charge in [0.15, 0.2) is 0 Å². The monoisotopic (exact) mass is 227 g/mol. The third kappa shape index (κ3) is 5.45. The number of benzene rings is 1. The fraction of sp³-hybridized carbons (Fsp3) is 0.333. The molecule has 0 spiro atoms. The Hall–Kier alpha value is -0.990. The molecular formula is C12H18ClNO. The molecule has 2 nitrogen and oxygen atoms in total. The molecule has 84 valence electrons. The third-order valence-electron chi connectivity index (χ3n) is 1.83. The van der Waals surface area contributed by atoms with E-state index >= 15 is 0 Å². The minimum Gasteiger partial charge on any atom is -0.494 e. The molecule has 0 amide bonds. The zero-order valence-corrected chi connectivity index (χ0v) is 9.85. The second-order valence-corrected chi connectivity index (χ2v) is 3.00. The van der Waals surface area contributed by atoms with Crippen LogP contribution in [0.1, 0.15) is 12.5 Å². The summed E-state index contributed by atoms with van der Waals surface area (Å²) in [7, 11) is 0. The molecule has 0 saturated carbocycles. The number of halogens is 1. The first-order valence-corrected chi connectivity index (χ1v) is 4.90. The molecule has 0 radical (unpaired) electrons. The Morgan fingerprint density at radius 3 is 2.93 bits per heavy atom. The van der Waals surface area contributed by atoms with Crippen LogP contribution in [0, 0.1) is 0 Å². The third-order valence-corrected chi connectivity index (χ3v) is 1.83. The number of hydrogen-bond acceptors (Lipinski definition) is 2. The summed E-state index contributed by atoms with van der Waals surface area (Å²) in [4.78, 5) is 0. The lowest BCUT2D eigenvalue weighted by atomic mass is 10.2. The van der Waals surface area contributed by atoms with Crippen molar-refractivity contribution in [1.29, 1.82) is 0 Å². The van der Waals surface area contributed by atoms with Gasteiger partial charge in [-0.3, -0.25) is 0 Å². The maximum Gasteiger partial charge on any atom is 0.119 e. The molecule has 0 aliphatic rings. The summed E-state index contributed by atoms with van der Waals surface area (Å²) in [6, 6.07) is 8.12. The fourth-order valence-electron chi connectivity index (χ4n) is 1.23. The lowest BCUT2D eigenvalue weighted by Crippen LogP contribution is -2.12. The molecule has 15 heavy (non-hydrogen) atoms. The van der Waals surface area contributed by atoms with E-state index in [1.807, 2.05) is 25.1 Å². The molecule has 0 saturated heterocycles. The van der Waals surface area contributed by atoms with Crippen LogP contribution in [0.5, 0.6) is 5.75 Å². The lowest BCUT2D eigenvalue weighted by Gasteiger charge is -2.06. The number of rotatable bonds is 6. The second kappa shape index (κ2) is 8.33. The van der Waals surface area contributed by atoms with Gasteiger partial charge in [0.2, 0.25) is 0 Å². The fourth-order valence-corrected chi connectivity index (χ4v) is 1.23. The van der Waals surface area contributed by atoms with Gasteiger partial charge in [-0.05, 0) is 24.6 Å².